The van der Waals surface area contributed by atoms with Crippen LogP contribution in [0, 0.1) is 17.2 Å². The van der Waals surface area contributed by atoms with Gasteiger partial charge in [0.1, 0.15) is 5.82 Å². The molecule has 0 unspecified atom stereocenters. The first-order valence-corrected chi connectivity index (χ1v) is 11.5. The first-order chi connectivity index (χ1) is 16.5. The molecule has 2 heterocycles. The Labute approximate surface area is 196 Å². The zero-order valence-electron chi connectivity index (χ0n) is 18.5. The van der Waals surface area contributed by atoms with E-state index < -0.39 is 5.97 Å². The lowest BCUT2D eigenvalue weighted by molar-refractivity contribution is -0.138. The average molecular weight is 453 g/mol. The van der Waals surface area contributed by atoms with E-state index in [1.807, 2.05) is 12.1 Å². The van der Waals surface area contributed by atoms with Crippen LogP contribution in [0.3, 0.4) is 0 Å². The van der Waals surface area contributed by atoms with E-state index in [1.54, 1.807) is 30.5 Å². The molecule has 1 aliphatic rings. The van der Waals surface area contributed by atoms with Crippen LogP contribution in [0.1, 0.15) is 49.1 Å². The Bertz CT molecular complexity index is 1450. The maximum Gasteiger partial charge on any atom is 0.303 e. The summed E-state index contributed by atoms with van der Waals surface area (Å²) in [7, 11) is 0. The molecule has 170 valence electrons. The first-order valence-electron chi connectivity index (χ1n) is 11.5. The maximum atomic E-state index is 12.9. The predicted octanol–water partition coefficient (Wildman–Crippen LogP) is 5.21. The van der Waals surface area contributed by atoms with Crippen molar-refractivity contribution in [3.05, 3.63) is 76.1 Å². The van der Waals surface area contributed by atoms with Crippen LogP contribution in [0.4, 0.5) is 0 Å². The number of hydrogen-bond donors (Lipinski definition) is 3. The number of aromatic amines is 2. The van der Waals surface area contributed by atoms with Gasteiger partial charge in [-0.05, 0) is 66.8 Å². The fourth-order valence-corrected chi connectivity index (χ4v) is 4.91. The summed E-state index contributed by atoms with van der Waals surface area (Å²) < 4.78 is 0. The fourth-order valence-electron chi connectivity index (χ4n) is 4.91. The number of rotatable bonds is 5. The molecular formula is C27H24N4O3. The van der Waals surface area contributed by atoms with Crippen molar-refractivity contribution in [2.45, 2.75) is 38.0 Å². The number of nitriles is 1. The number of pyridine rings is 1. The van der Waals surface area contributed by atoms with Crippen molar-refractivity contribution in [1.29, 1.82) is 5.26 Å². The van der Waals surface area contributed by atoms with E-state index in [1.165, 1.54) is 5.56 Å². The molecule has 0 radical (unpaired) electrons. The summed E-state index contributed by atoms with van der Waals surface area (Å²) in [6.45, 7) is 0. The van der Waals surface area contributed by atoms with Crippen molar-refractivity contribution in [2.75, 3.05) is 0 Å². The molecule has 0 saturated heterocycles. The van der Waals surface area contributed by atoms with E-state index in [4.69, 9.17) is 10.4 Å². The maximum absolute atomic E-state index is 12.9. The van der Waals surface area contributed by atoms with E-state index >= 15 is 0 Å². The Hall–Kier alpha value is -4.18. The highest BCUT2D eigenvalue weighted by molar-refractivity contribution is 5.80. The van der Waals surface area contributed by atoms with Gasteiger partial charge in [0.25, 0.3) is 0 Å². The molecule has 1 fully saturated rings. The topological polar surface area (TPSA) is 123 Å². The first kappa shape index (κ1) is 21.7. The summed E-state index contributed by atoms with van der Waals surface area (Å²) in [5, 5.41) is 18.1. The summed E-state index contributed by atoms with van der Waals surface area (Å²) in [5.74, 6) is 0.500. The largest absolute Gasteiger partial charge is 0.481 e. The molecule has 0 spiro atoms. The van der Waals surface area contributed by atoms with Gasteiger partial charge in [-0.2, -0.15) is 5.26 Å². The van der Waals surface area contributed by atoms with Gasteiger partial charge in [-0.15, -0.1) is 0 Å². The molecule has 3 N–H and O–H groups in total. The molecule has 5 rings (SSSR count). The summed E-state index contributed by atoms with van der Waals surface area (Å²) in [6, 6.07) is 17.1. The van der Waals surface area contributed by atoms with Crippen LogP contribution < -0.4 is 5.43 Å². The smallest absolute Gasteiger partial charge is 0.303 e. The quantitative estimate of drug-likeness (QED) is 0.384. The molecule has 1 aliphatic carbocycles. The number of nitrogens with one attached hydrogen (secondary N) is 2. The lowest BCUT2D eigenvalue weighted by atomic mass is 9.77. The molecule has 7 heteroatoms. The predicted molar refractivity (Wildman–Crippen MR) is 129 cm³/mol. The van der Waals surface area contributed by atoms with Crippen LogP contribution in [0.15, 0.2) is 59.5 Å². The minimum absolute atomic E-state index is 0.144. The number of fused-ring (bicyclic) bond motifs is 1. The SMILES string of the molecule is N#Cc1ccc2nc(-c3c[nH]c(-c4ccc(C5CCC(CC(=O)O)CC5)cc4)cc3=O)[nH]c2c1. The van der Waals surface area contributed by atoms with E-state index in [9.17, 15) is 9.59 Å². The van der Waals surface area contributed by atoms with Gasteiger partial charge in [0.15, 0.2) is 5.43 Å². The van der Waals surface area contributed by atoms with Crippen LogP contribution >= 0.6 is 0 Å². The van der Waals surface area contributed by atoms with Crippen LogP contribution in [-0.4, -0.2) is 26.0 Å². The molecule has 1 saturated carbocycles. The number of benzene rings is 2. The summed E-state index contributed by atoms with van der Waals surface area (Å²) in [6.07, 6.45) is 5.86. The zero-order chi connectivity index (χ0) is 23.7. The van der Waals surface area contributed by atoms with Gasteiger partial charge >= 0.3 is 5.97 Å². The van der Waals surface area contributed by atoms with Crippen molar-refractivity contribution in [2.24, 2.45) is 5.92 Å². The van der Waals surface area contributed by atoms with Gasteiger partial charge in [-0.3, -0.25) is 9.59 Å². The third-order valence-corrected chi connectivity index (χ3v) is 6.78. The number of imidazole rings is 1. The number of nitrogens with zero attached hydrogens (tertiary/aromatic N) is 2. The highest BCUT2D eigenvalue weighted by Crippen LogP contribution is 2.37. The molecule has 0 bridgehead atoms. The second-order valence-electron chi connectivity index (χ2n) is 8.99. The molecule has 2 aromatic heterocycles. The summed E-state index contributed by atoms with van der Waals surface area (Å²) in [5.41, 5.74) is 5.15. The number of aromatic nitrogens is 3. The van der Waals surface area contributed by atoms with Gasteiger partial charge < -0.3 is 15.1 Å². The standard InChI is InChI=1S/C27H24N4O3/c28-14-17-3-10-22-24(11-17)31-27(30-22)21-15-29-23(13-25(21)32)20-8-6-19(7-9-20)18-4-1-16(2-5-18)12-26(33)34/h3,6-11,13,15-16,18H,1-2,4-5,12H2,(H,29,32)(H,30,31)(H,33,34). The van der Waals surface area contributed by atoms with E-state index in [0.29, 0.717) is 33.9 Å². The van der Waals surface area contributed by atoms with Gasteiger partial charge in [0.2, 0.25) is 0 Å². The molecule has 4 aromatic rings. The van der Waals surface area contributed by atoms with Crippen molar-refractivity contribution >= 4 is 17.0 Å². The zero-order valence-corrected chi connectivity index (χ0v) is 18.5. The Kier molecular flexibility index (Phi) is 5.72. The number of carboxylic acid groups (broad SMARTS) is 1. The fraction of sp³-hybridized carbons (Fsp3) is 0.259. The van der Waals surface area contributed by atoms with Gasteiger partial charge in [0.05, 0.1) is 28.2 Å². The molecule has 2 aromatic carbocycles. The van der Waals surface area contributed by atoms with Crippen molar-refractivity contribution in [3.8, 4) is 28.7 Å². The normalized spacial score (nSPS) is 18.0. The van der Waals surface area contributed by atoms with Crippen LogP contribution in [-0.2, 0) is 4.79 Å². The Balaban J connectivity index is 1.32. The van der Waals surface area contributed by atoms with E-state index in [2.05, 4.69) is 33.2 Å². The van der Waals surface area contributed by atoms with E-state index in [0.717, 1.165) is 36.9 Å². The Morgan fingerprint density at radius 2 is 1.85 bits per heavy atom. The number of carbonyl (C=O) groups is 1. The number of carboxylic acids is 1. The minimum atomic E-state index is -0.707. The van der Waals surface area contributed by atoms with Crippen molar-refractivity contribution in [3.63, 3.8) is 0 Å². The van der Waals surface area contributed by atoms with Crippen LogP contribution in [0.25, 0.3) is 33.7 Å². The van der Waals surface area contributed by atoms with E-state index in [-0.39, 0.29) is 17.8 Å². The van der Waals surface area contributed by atoms with Crippen LogP contribution in [0.5, 0.6) is 0 Å². The average Bonchev–Trinajstić information content (AvgIpc) is 3.27. The lowest BCUT2D eigenvalue weighted by Gasteiger charge is -2.28. The van der Waals surface area contributed by atoms with Gasteiger partial charge in [-0.1, -0.05) is 24.3 Å². The van der Waals surface area contributed by atoms with Gasteiger partial charge in [0, 0.05) is 24.4 Å². The second kappa shape index (κ2) is 8.99. The molecular weight excluding hydrogens is 428 g/mol. The monoisotopic (exact) mass is 452 g/mol. The van der Waals surface area contributed by atoms with Crippen molar-refractivity contribution in [1.82, 2.24) is 15.0 Å². The number of hydrogen-bond acceptors (Lipinski definition) is 4. The highest BCUT2D eigenvalue weighted by Gasteiger charge is 2.24. The van der Waals surface area contributed by atoms with Crippen LogP contribution in [0.2, 0.25) is 0 Å². The Morgan fingerprint density at radius 3 is 2.53 bits per heavy atom. The minimum Gasteiger partial charge on any atom is -0.481 e. The van der Waals surface area contributed by atoms with Gasteiger partial charge in [-0.25, -0.2) is 4.98 Å². The summed E-state index contributed by atoms with van der Waals surface area (Å²) in [4.78, 5) is 34.6. The second-order valence-corrected chi connectivity index (χ2v) is 8.99. The summed E-state index contributed by atoms with van der Waals surface area (Å²) >= 11 is 0. The number of aliphatic carboxylic acids is 1. The number of H-pyrrole nitrogens is 2. The molecule has 0 amide bonds. The third-order valence-electron chi connectivity index (χ3n) is 6.78. The molecule has 34 heavy (non-hydrogen) atoms. The third kappa shape index (κ3) is 4.35. The molecule has 0 atom stereocenters. The molecule has 0 aliphatic heterocycles. The highest BCUT2D eigenvalue weighted by atomic mass is 16.4. The Morgan fingerprint density at radius 1 is 1.09 bits per heavy atom. The molecule has 7 nitrogen and oxygen atoms in total. The van der Waals surface area contributed by atoms with Crippen molar-refractivity contribution < 1.29 is 9.90 Å². The lowest BCUT2D eigenvalue weighted by Crippen LogP contribution is -2.16.